The van der Waals surface area contributed by atoms with Crippen molar-refractivity contribution >= 4 is 5.78 Å². The van der Waals surface area contributed by atoms with Gasteiger partial charge in [-0.05, 0) is 57.6 Å². The summed E-state index contributed by atoms with van der Waals surface area (Å²) in [6.07, 6.45) is 3.80. The number of carbonyl (C=O) groups is 1. The molecule has 1 atom stereocenters. The summed E-state index contributed by atoms with van der Waals surface area (Å²) in [6.45, 7) is 3.47. The van der Waals surface area contributed by atoms with Gasteiger partial charge in [0.25, 0.3) is 0 Å². The largest absolute Gasteiger partial charge is 0.492 e. The number of Topliss-reactive ketones (excluding diaryl/α,β-unsaturated/α-hetero) is 1. The van der Waals surface area contributed by atoms with Crippen LogP contribution in [-0.2, 0) is 0 Å². The molecule has 1 aliphatic heterocycles. The van der Waals surface area contributed by atoms with Gasteiger partial charge in [-0.25, -0.2) is 0 Å². The highest BCUT2D eigenvalue weighted by atomic mass is 16.5. The number of likely N-dealkylation sites (tertiary alicyclic amines) is 1. The predicted octanol–water partition coefficient (Wildman–Crippen LogP) is 2.75. The second-order valence-electron chi connectivity index (χ2n) is 5.02. The summed E-state index contributed by atoms with van der Waals surface area (Å²) in [5.74, 6) is 0.938. The van der Waals surface area contributed by atoms with Gasteiger partial charge in [0.05, 0.1) is 0 Å². The normalized spacial score (nSPS) is 20.7. The van der Waals surface area contributed by atoms with Crippen molar-refractivity contribution in [3.05, 3.63) is 29.8 Å². The molecule has 1 aromatic carbocycles. The Hall–Kier alpha value is -1.35. The Balaban J connectivity index is 1.87. The van der Waals surface area contributed by atoms with Crippen LogP contribution >= 0.6 is 0 Å². The molecule has 3 heteroatoms. The maximum atomic E-state index is 11.2. The van der Waals surface area contributed by atoms with Crippen LogP contribution in [0.15, 0.2) is 24.3 Å². The lowest BCUT2D eigenvalue weighted by molar-refractivity contribution is 0.101. The fraction of sp³-hybridized carbons (Fsp3) is 0.533. The molecule has 0 amide bonds. The van der Waals surface area contributed by atoms with E-state index in [1.807, 2.05) is 24.3 Å². The molecule has 0 bridgehead atoms. The Morgan fingerprint density at radius 2 is 2.06 bits per heavy atom. The van der Waals surface area contributed by atoms with Gasteiger partial charge in [0.2, 0.25) is 0 Å². The molecule has 1 aromatic rings. The number of piperidine rings is 1. The van der Waals surface area contributed by atoms with Gasteiger partial charge in [0.15, 0.2) is 5.78 Å². The Labute approximate surface area is 109 Å². The van der Waals surface area contributed by atoms with E-state index in [2.05, 4.69) is 11.9 Å². The van der Waals surface area contributed by atoms with Crippen molar-refractivity contribution in [3.8, 4) is 5.75 Å². The molecule has 98 valence electrons. The minimum absolute atomic E-state index is 0.0913. The molecule has 1 saturated heterocycles. The van der Waals surface area contributed by atoms with Crippen molar-refractivity contribution in [2.24, 2.45) is 0 Å². The van der Waals surface area contributed by atoms with Gasteiger partial charge < -0.3 is 9.64 Å². The third kappa shape index (κ3) is 3.33. The maximum Gasteiger partial charge on any atom is 0.159 e. The molecular formula is C15H21NO2. The van der Waals surface area contributed by atoms with Crippen molar-refractivity contribution in [1.82, 2.24) is 4.90 Å². The first-order chi connectivity index (χ1) is 8.66. The van der Waals surface area contributed by atoms with Gasteiger partial charge in [-0.15, -0.1) is 0 Å². The zero-order chi connectivity index (χ0) is 13.0. The number of rotatable bonds is 4. The Bertz CT molecular complexity index is 399. The van der Waals surface area contributed by atoms with Gasteiger partial charge in [0, 0.05) is 11.6 Å². The molecule has 0 saturated carbocycles. The molecule has 0 aliphatic carbocycles. The average Bonchev–Trinajstić information content (AvgIpc) is 2.38. The van der Waals surface area contributed by atoms with Crippen LogP contribution in [-0.4, -0.2) is 36.9 Å². The molecule has 0 N–H and O–H groups in total. The number of nitrogens with zero attached hydrogens (tertiary/aromatic N) is 1. The Morgan fingerprint density at radius 3 is 2.67 bits per heavy atom. The number of hydrogen-bond acceptors (Lipinski definition) is 3. The Kier molecular flexibility index (Phi) is 4.37. The third-order valence-corrected chi connectivity index (χ3v) is 3.62. The average molecular weight is 247 g/mol. The summed E-state index contributed by atoms with van der Waals surface area (Å²) in [5, 5.41) is 0. The second kappa shape index (κ2) is 6.01. The van der Waals surface area contributed by atoms with Crippen LogP contribution in [0.3, 0.4) is 0 Å². The highest BCUT2D eigenvalue weighted by molar-refractivity contribution is 5.94. The van der Waals surface area contributed by atoms with E-state index in [9.17, 15) is 4.79 Å². The minimum atomic E-state index is 0.0913. The predicted molar refractivity (Wildman–Crippen MR) is 72.2 cm³/mol. The van der Waals surface area contributed by atoms with Gasteiger partial charge in [-0.3, -0.25) is 4.79 Å². The van der Waals surface area contributed by atoms with E-state index in [-0.39, 0.29) is 5.78 Å². The van der Waals surface area contributed by atoms with E-state index in [0.29, 0.717) is 6.04 Å². The van der Waals surface area contributed by atoms with Crippen LogP contribution in [0.2, 0.25) is 0 Å². The number of likely N-dealkylation sites (N-methyl/N-ethyl adjacent to an activating group) is 1. The lowest BCUT2D eigenvalue weighted by Crippen LogP contribution is -2.40. The zero-order valence-electron chi connectivity index (χ0n) is 11.2. The van der Waals surface area contributed by atoms with Crippen LogP contribution in [0.1, 0.15) is 36.5 Å². The van der Waals surface area contributed by atoms with E-state index < -0.39 is 0 Å². The fourth-order valence-electron chi connectivity index (χ4n) is 2.33. The Morgan fingerprint density at radius 1 is 1.33 bits per heavy atom. The summed E-state index contributed by atoms with van der Waals surface area (Å²) in [5.41, 5.74) is 0.733. The SMILES string of the molecule is CC(=O)c1ccc(OCC2CCCCN2C)cc1. The fourth-order valence-corrected chi connectivity index (χ4v) is 2.33. The maximum absolute atomic E-state index is 11.2. The zero-order valence-corrected chi connectivity index (χ0v) is 11.2. The molecule has 0 spiro atoms. The monoisotopic (exact) mass is 247 g/mol. The van der Waals surface area contributed by atoms with Gasteiger partial charge in [-0.1, -0.05) is 6.42 Å². The van der Waals surface area contributed by atoms with Crippen LogP contribution in [0, 0.1) is 0 Å². The number of hydrogen-bond donors (Lipinski definition) is 0. The standard InChI is InChI=1S/C15H21NO2/c1-12(17)13-6-8-15(9-7-13)18-11-14-5-3-4-10-16(14)2/h6-9,14H,3-5,10-11H2,1-2H3. The lowest BCUT2D eigenvalue weighted by Gasteiger charge is -2.32. The van der Waals surface area contributed by atoms with Crippen LogP contribution < -0.4 is 4.74 Å². The van der Waals surface area contributed by atoms with Crippen LogP contribution in [0.4, 0.5) is 0 Å². The van der Waals surface area contributed by atoms with Gasteiger partial charge in [0.1, 0.15) is 12.4 Å². The van der Waals surface area contributed by atoms with Crippen molar-refractivity contribution in [2.45, 2.75) is 32.2 Å². The van der Waals surface area contributed by atoms with Gasteiger partial charge >= 0.3 is 0 Å². The first kappa shape index (κ1) is 13.1. The molecular weight excluding hydrogens is 226 g/mol. The summed E-state index contributed by atoms with van der Waals surface area (Å²) in [4.78, 5) is 13.5. The molecule has 0 radical (unpaired) electrons. The molecule has 1 unspecified atom stereocenters. The van der Waals surface area contributed by atoms with Crippen molar-refractivity contribution in [2.75, 3.05) is 20.2 Å². The highest BCUT2D eigenvalue weighted by Gasteiger charge is 2.19. The quantitative estimate of drug-likeness (QED) is 0.766. The molecule has 2 rings (SSSR count). The van der Waals surface area contributed by atoms with Gasteiger partial charge in [-0.2, -0.15) is 0 Å². The first-order valence-corrected chi connectivity index (χ1v) is 6.61. The van der Waals surface area contributed by atoms with Crippen LogP contribution in [0.25, 0.3) is 0 Å². The van der Waals surface area contributed by atoms with Crippen molar-refractivity contribution in [1.29, 1.82) is 0 Å². The minimum Gasteiger partial charge on any atom is -0.492 e. The molecule has 3 nitrogen and oxygen atoms in total. The third-order valence-electron chi connectivity index (χ3n) is 3.62. The molecule has 1 fully saturated rings. The molecule has 1 heterocycles. The summed E-state index contributed by atoms with van der Waals surface area (Å²) < 4.78 is 5.80. The van der Waals surface area contributed by atoms with E-state index >= 15 is 0 Å². The van der Waals surface area contributed by atoms with Crippen molar-refractivity contribution < 1.29 is 9.53 Å². The van der Waals surface area contributed by atoms with Crippen molar-refractivity contribution in [3.63, 3.8) is 0 Å². The summed E-state index contributed by atoms with van der Waals surface area (Å²) >= 11 is 0. The topological polar surface area (TPSA) is 29.5 Å². The summed E-state index contributed by atoms with van der Waals surface area (Å²) in [6, 6.07) is 7.91. The van der Waals surface area contributed by atoms with E-state index in [4.69, 9.17) is 4.74 Å². The second-order valence-corrected chi connectivity index (χ2v) is 5.02. The highest BCUT2D eigenvalue weighted by Crippen LogP contribution is 2.18. The van der Waals surface area contributed by atoms with Crippen LogP contribution in [0.5, 0.6) is 5.75 Å². The number of carbonyl (C=O) groups excluding carboxylic acids is 1. The number of ketones is 1. The number of ether oxygens (including phenoxy) is 1. The smallest absolute Gasteiger partial charge is 0.159 e. The van der Waals surface area contributed by atoms with E-state index in [0.717, 1.165) is 24.5 Å². The van der Waals surface area contributed by atoms with E-state index in [1.54, 1.807) is 6.92 Å². The summed E-state index contributed by atoms with van der Waals surface area (Å²) in [7, 11) is 2.16. The van der Waals surface area contributed by atoms with E-state index in [1.165, 1.54) is 19.3 Å². The lowest BCUT2D eigenvalue weighted by atomic mass is 10.0. The first-order valence-electron chi connectivity index (χ1n) is 6.61. The molecule has 0 aromatic heterocycles. The molecule has 1 aliphatic rings. The number of benzene rings is 1. The molecule has 18 heavy (non-hydrogen) atoms.